The van der Waals surface area contributed by atoms with Crippen LogP contribution < -0.4 is 15.8 Å². The molecule has 2 aliphatic rings. The van der Waals surface area contributed by atoms with Gasteiger partial charge in [0.15, 0.2) is 0 Å². The minimum Gasteiger partial charge on any atom is -0.356 e. The van der Waals surface area contributed by atoms with Crippen molar-refractivity contribution in [3.8, 4) is 0 Å². The molecule has 0 spiro atoms. The van der Waals surface area contributed by atoms with Gasteiger partial charge in [0.2, 0.25) is 0 Å². The predicted molar refractivity (Wildman–Crippen MR) is 150 cm³/mol. The van der Waals surface area contributed by atoms with Gasteiger partial charge in [0.1, 0.15) is 22.4 Å². The minimum atomic E-state index is -0.140. The number of likely N-dealkylation sites (tertiary alicyclic amines) is 1. The molecule has 6 rings (SSSR count). The average Bonchev–Trinajstić information content (AvgIpc) is 3.08. The predicted octanol–water partition coefficient (Wildman–Crippen LogP) is 3.24. The number of piperidine rings is 1. The van der Waals surface area contributed by atoms with Crippen LogP contribution in [-0.2, 0) is 13.1 Å². The molecule has 0 unspecified atom stereocenters. The van der Waals surface area contributed by atoms with Gasteiger partial charge in [0.25, 0.3) is 11.5 Å². The lowest BCUT2D eigenvalue weighted by atomic mass is 10.1. The summed E-state index contributed by atoms with van der Waals surface area (Å²) in [6.45, 7) is 7.84. The second-order valence-electron chi connectivity index (χ2n) is 10.2. The number of pyridine rings is 1. The summed E-state index contributed by atoms with van der Waals surface area (Å²) in [5.74, 6) is 0.835. The Kier molecular flexibility index (Phi) is 6.84. The lowest BCUT2D eigenvalue weighted by Crippen LogP contribution is -2.37. The number of amides is 1. The van der Waals surface area contributed by atoms with Gasteiger partial charge >= 0.3 is 0 Å². The first-order valence-electron chi connectivity index (χ1n) is 13.9. The molecule has 0 bridgehead atoms. The number of hydrogen-bond donors (Lipinski definition) is 1. The van der Waals surface area contributed by atoms with Crippen molar-refractivity contribution in [3.05, 3.63) is 64.5 Å². The van der Waals surface area contributed by atoms with E-state index in [1.807, 2.05) is 46.7 Å². The number of rotatable bonds is 5. The fourth-order valence-corrected chi connectivity index (χ4v) is 5.98. The number of hydrogen-bond acceptors (Lipinski definition) is 6. The zero-order valence-corrected chi connectivity index (χ0v) is 22.0. The quantitative estimate of drug-likeness (QED) is 0.441. The Morgan fingerprint density at radius 3 is 2.66 bits per heavy atom. The van der Waals surface area contributed by atoms with E-state index in [4.69, 9.17) is 4.98 Å². The summed E-state index contributed by atoms with van der Waals surface area (Å²) >= 11 is 0. The molecule has 5 heterocycles. The van der Waals surface area contributed by atoms with E-state index < -0.39 is 0 Å². The van der Waals surface area contributed by atoms with Gasteiger partial charge < -0.3 is 19.7 Å². The second kappa shape index (κ2) is 10.6. The van der Waals surface area contributed by atoms with Gasteiger partial charge in [-0.2, -0.15) is 0 Å². The van der Waals surface area contributed by atoms with Crippen LogP contribution in [-0.4, -0.2) is 69.2 Å². The smallest absolute Gasteiger partial charge is 0.278 e. The molecule has 9 nitrogen and oxygen atoms in total. The summed E-state index contributed by atoms with van der Waals surface area (Å²) in [6, 6.07) is 10.0. The van der Waals surface area contributed by atoms with Crippen molar-refractivity contribution in [3.63, 3.8) is 0 Å². The van der Waals surface area contributed by atoms with Crippen molar-refractivity contribution in [1.29, 1.82) is 0 Å². The maximum atomic E-state index is 14.1. The van der Waals surface area contributed by atoms with Crippen LogP contribution in [0.1, 0.15) is 48.7 Å². The highest BCUT2D eigenvalue weighted by Gasteiger charge is 2.32. The van der Waals surface area contributed by atoms with Crippen LogP contribution in [0.5, 0.6) is 0 Å². The molecule has 1 N–H and O–H groups in total. The summed E-state index contributed by atoms with van der Waals surface area (Å²) in [4.78, 5) is 41.7. The highest BCUT2D eigenvalue weighted by molar-refractivity contribution is 6.10. The first-order chi connectivity index (χ1) is 18.7. The van der Waals surface area contributed by atoms with E-state index in [0.717, 1.165) is 87.2 Å². The Bertz CT molecular complexity index is 1520. The summed E-state index contributed by atoms with van der Waals surface area (Å²) in [5.41, 5.74) is 2.28. The molecule has 2 aliphatic heterocycles. The van der Waals surface area contributed by atoms with Crippen LogP contribution >= 0.6 is 0 Å². The SMILES string of the molecule is CCn1c(N2CCCNCC2)c(C(=O)N2CCCCC2)c2ncn(Cc3nccc4ccccc34)c(=O)c21. The third-order valence-electron chi connectivity index (χ3n) is 7.89. The Labute approximate surface area is 222 Å². The molecule has 2 fully saturated rings. The van der Waals surface area contributed by atoms with Crippen molar-refractivity contribution in [2.45, 2.75) is 45.7 Å². The fourth-order valence-electron chi connectivity index (χ4n) is 5.98. The van der Waals surface area contributed by atoms with E-state index in [0.29, 0.717) is 29.7 Å². The number of benzene rings is 1. The highest BCUT2D eigenvalue weighted by atomic mass is 16.2. The van der Waals surface area contributed by atoms with Gasteiger partial charge in [-0.15, -0.1) is 0 Å². The number of nitrogens with zero attached hydrogens (tertiary/aromatic N) is 6. The Balaban J connectivity index is 1.52. The molecule has 0 aliphatic carbocycles. The molecular formula is C29H35N7O2. The Hall–Kier alpha value is -3.72. The van der Waals surface area contributed by atoms with Crippen molar-refractivity contribution < 1.29 is 4.79 Å². The summed E-state index contributed by atoms with van der Waals surface area (Å²) in [5, 5.41) is 5.56. The van der Waals surface area contributed by atoms with Crippen LogP contribution in [0, 0.1) is 0 Å². The van der Waals surface area contributed by atoms with Gasteiger partial charge in [-0.1, -0.05) is 24.3 Å². The minimum absolute atomic E-state index is 0.00511. The Morgan fingerprint density at radius 2 is 1.82 bits per heavy atom. The molecule has 9 heteroatoms. The van der Waals surface area contributed by atoms with Gasteiger partial charge in [-0.25, -0.2) is 4.98 Å². The van der Waals surface area contributed by atoms with Crippen molar-refractivity contribution in [2.24, 2.45) is 0 Å². The number of aromatic nitrogens is 4. The van der Waals surface area contributed by atoms with Gasteiger partial charge in [-0.05, 0) is 50.6 Å². The summed E-state index contributed by atoms with van der Waals surface area (Å²) < 4.78 is 3.66. The maximum Gasteiger partial charge on any atom is 0.278 e. The zero-order chi connectivity index (χ0) is 26.1. The molecule has 1 aromatic carbocycles. The number of anilines is 1. The normalized spacial score (nSPS) is 16.8. The zero-order valence-electron chi connectivity index (χ0n) is 22.0. The third-order valence-corrected chi connectivity index (χ3v) is 7.89. The molecule has 0 radical (unpaired) electrons. The number of carbonyl (C=O) groups excluding carboxylic acids is 1. The average molecular weight is 514 g/mol. The standard InChI is InChI=1S/C29H35N7O2/c1-2-36-26-25(32-20-35(29(26)38)19-23-22-10-5-4-9-21(22)11-13-31-23)24(28(37)34-15-6-3-7-16-34)27(36)33-17-8-12-30-14-18-33/h4-5,9-11,13,20,30H,2-3,6-8,12,14-19H2,1H3. The summed E-state index contributed by atoms with van der Waals surface area (Å²) in [7, 11) is 0. The van der Waals surface area contributed by atoms with Gasteiger partial charge in [0, 0.05) is 50.9 Å². The van der Waals surface area contributed by atoms with Crippen LogP contribution in [0.2, 0.25) is 0 Å². The van der Waals surface area contributed by atoms with Crippen LogP contribution in [0.25, 0.3) is 21.8 Å². The van der Waals surface area contributed by atoms with Gasteiger partial charge in [0.05, 0.1) is 18.6 Å². The molecule has 3 aromatic heterocycles. The monoisotopic (exact) mass is 513 g/mol. The first kappa shape index (κ1) is 24.6. The van der Waals surface area contributed by atoms with E-state index in [-0.39, 0.29) is 11.5 Å². The molecule has 38 heavy (non-hydrogen) atoms. The van der Waals surface area contributed by atoms with Crippen molar-refractivity contribution >= 4 is 33.5 Å². The molecule has 0 atom stereocenters. The molecule has 1 amide bonds. The molecule has 2 saturated heterocycles. The largest absolute Gasteiger partial charge is 0.356 e. The number of carbonyl (C=O) groups is 1. The topological polar surface area (TPSA) is 88.3 Å². The molecular weight excluding hydrogens is 478 g/mol. The molecule has 0 saturated carbocycles. The van der Waals surface area contributed by atoms with Crippen LogP contribution in [0.3, 0.4) is 0 Å². The van der Waals surface area contributed by atoms with Crippen molar-refractivity contribution in [1.82, 2.24) is 29.3 Å². The number of nitrogens with one attached hydrogen (secondary N) is 1. The van der Waals surface area contributed by atoms with Crippen molar-refractivity contribution in [2.75, 3.05) is 44.2 Å². The number of fused-ring (bicyclic) bond motifs is 2. The lowest BCUT2D eigenvalue weighted by Gasteiger charge is -2.29. The van der Waals surface area contributed by atoms with E-state index in [9.17, 15) is 9.59 Å². The first-order valence-corrected chi connectivity index (χ1v) is 13.9. The molecule has 198 valence electrons. The Morgan fingerprint density at radius 1 is 0.974 bits per heavy atom. The lowest BCUT2D eigenvalue weighted by molar-refractivity contribution is 0.0726. The van der Waals surface area contributed by atoms with Crippen LogP contribution in [0.15, 0.2) is 47.7 Å². The second-order valence-corrected chi connectivity index (χ2v) is 10.2. The number of aryl methyl sites for hydroxylation is 1. The van der Waals surface area contributed by atoms with Gasteiger partial charge in [-0.3, -0.25) is 19.1 Å². The maximum absolute atomic E-state index is 14.1. The molecule has 4 aromatic rings. The highest BCUT2D eigenvalue weighted by Crippen LogP contribution is 2.33. The van der Waals surface area contributed by atoms with E-state index in [1.54, 1.807) is 17.1 Å². The summed E-state index contributed by atoms with van der Waals surface area (Å²) in [6.07, 6.45) is 7.53. The van der Waals surface area contributed by atoms with Crippen LogP contribution in [0.4, 0.5) is 5.82 Å². The fraction of sp³-hybridized carbons (Fsp3) is 0.448. The third kappa shape index (κ3) is 4.34. The van der Waals surface area contributed by atoms with E-state index >= 15 is 0 Å². The van der Waals surface area contributed by atoms with E-state index in [1.165, 1.54) is 0 Å². The van der Waals surface area contributed by atoms with E-state index in [2.05, 4.69) is 15.2 Å².